The Morgan fingerprint density at radius 1 is 1.55 bits per heavy atom. The van der Waals surface area contributed by atoms with Crippen molar-refractivity contribution in [3.63, 3.8) is 0 Å². The van der Waals surface area contributed by atoms with E-state index in [-0.39, 0.29) is 5.16 Å². The predicted octanol–water partition coefficient (Wildman–Crippen LogP) is 1.63. The second-order valence-corrected chi connectivity index (χ2v) is 3.42. The summed E-state index contributed by atoms with van der Waals surface area (Å²) in [6, 6.07) is 0. The first-order chi connectivity index (χ1) is 5.24. The van der Waals surface area contributed by atoms with Crippen LogP contribution in [-0.2, 0) is 4.79 Å². The van der Waals surface area contributed by atoms with Gasteiger partial charge in [-0.2, -0.15) is 0 Å². The van der Waals surface area contributed by atoms with Crippen LogP contribution < -0.4 is 0 Å². The molecule has 1 heterocycles. The predicted molar refractivity (Wildman–Crippen MR) is 45.0 cm³/mol. The number of likely N-dealkylation sites (tertiary alicyclic amines) is 1. The SMILES string of the molecule is CC1CCN(C(Cl)=C=O)CC1. The maximum absolute atomic E-state index is 10.1. The van der Waals surface area contributed by atoms with E-state index in [0.717, 1.165) is 31.8 Å². The Morgan fingerprint density at radius 2 is 2.09 bits per heavy atom. The Balaban J connectivity index is 2.45. The zero-order valence-corrected chi connectivity index (χ0v) is 7.40. The Morgan fingerprint density at radius 3 is 2.55 bits per heavy atom. The van der Waals surface area contributed by atoms with Crippen LogP contribution in [0.4, 0.5) is 0 Å². The Hall–Kier alpha value is -0.460. The smallest absolute Gasteiger partial charge is 0.190 e. The van der Waals surface area contributed by atoms with Crippen molar-refractivity contribution in [1.29, 1.82) is 0 Å². The van der Waals surface area contributed by atoms with E-state index in [2.05, 4.69) is 6.92 Å². The number of halogens is 1. The molecular weight excluding hydrogens is 162 g/mol. The van der Waals surface area contributed by atoms with Crippen LogP contribution >= 0.6 is 11.6 Å². The van der Waals surface area contributed by atoms with Crippen molar-refractivity contribution >= 4 is 17.5 Å². The lowest BCUT2D eigenvalue weighted by Crippen LogP contribution is -2.30. The van der Waals surface area contributed by atoms with Crippen LogP contribution in [0, 0.1) is 5.92 Å². The van der Waals surface area contributed by atoms with E-state index in [1.165, 1.54) is 0 Å². The quantitative estimate of drug-likeness (QED) is 0.444. The Kier molecular flexibility index (Phi) is 2.98. The van der Waals surface area contributed by atoms with Gasteiger partial charge in [0.15, 0.2) is 11.1 Å². The van der Waals surface area contributed by atoms with E-state index in [1.54, 1.807) is 5.94 Å². The lowest BCUT2D eigenvalue weighted by Gasteiger charge is -2.29. The number of carbonyl (C=O) groups excluding carboxylic acids is 1. The molecule has 0 radical (unpaired) electrons. The molecule has 2 nitrogen and oxygen atoms in total. The van der Waals surface area contributed by atoms with Crippen LogP contribution in [0.3, 0.4) is 0 Å². The van der Waals surface area contributed by atoms with Crippen molar-refractivity contribution in [2.24, 2.45) is 5.92 Å². The molecule has 0 atom stereocenters. The normalized spacial score (nSPS) is 19.6. The van der Waals surface area contributed by atoms with Gasteiger partial charge in [0.2, 0.25) is 0 Å². The molecule has 1 saturated heterocycles. The maximum atomic E-state index is 10.1. The van der Waals surface area contributed by atoms with E-state index in [0.29, 0.717) is 0 Å². The molecule has 1 aliphatic heterocycles. The number of rotatable bonds is 1. The average molecular weight is 174 g/mol. The van der Waals surface area contributed by atoms with Gasteiger partial charge < -0.3 is 4.90 Å². The Labute approximate surface area is 71.8 Å². The number of piperidine rings is 1. The summed E-state index contributed by atoms with van der Waals surface area (Å²) in [6.07, 6.45) is 2.25. The van der Waals surface area contributed by atoms with Gasteiger partial charge in [-0.05, 0) is 18.8 Å². The maximum Gasteiger partial charge on any atom is 0.190 e. The molecule has 62 valence electrons. The molecule has 1 aliphatic rings. The molecule has 3 heteroatoms. The fourth-order valence-corrected chi connectivity index (χ4v) is 1.44. The second kappa shape index (κ2) is 3.80. The van der Waals surface area contributed by atoms with Gasteiger partial charge in [0.25, 0.3) is 0 Å². The van der Waals surface area contributed by atoms with E-state index in [9.17, 15) is 4.79 Å². The average Bonchev–Trinajstić information content (AvgIpc) is 2.05. The van der Waals surface area contributed by atoms with E-state index in [4.69, 9.17) is 11.6 Å². The molecule has 0 aromatic heterocycles. The van der Waals surface area contributed by atoms with Crippen LogP contribution in [0.5, 0.6) is 0 Å². The molecule has 0 unspecified atom stereocenters. The van der Waals surface area contributed by atoms with Gasteiger partial charge in [-0.3, -0.25) is 0 Å². The molecular formula is C8H12ClNO. The van der Waals surface area contributed by atoms with Crippen molar-refractivity contribution in [3.8, 4) is 0 Å². The lowest BCUT2D eigenvalue weighted by molar-refractivity contribution is 0.250. The first kappa shape index (κ1) is 8.63. The fourth-order valence-electron chi connectivity index (χ4n) is 1.27. The molecule has 11 heavy (non-hydrogen) atoms. The monoisotopic (exact) mass is 173 g/mol. The largest absolute Gasteiger partial charge is 0.353 e. The van der Waals surface area contributed by atoms with Gasteiger partial charge in [0.1, 0.15) is 0 Å². The topological polar surface area (TPSA) is 20.3 Å². The van der Waals surface area contributed by atoms with Gasteiger partial charge in [0.05, 0.1) is 0 Å². The van der Waals surface area contributed by atoms with Gasteiger partial charge in [-0.15, -0.1) is 0 Å². The fraction of sp³-hybridized carbons (Fsp3) is 0.750. The van der Waals surface area contributed by atoms with Crippen molar-refractivity contribution in [1.82, 2.24) is 4.90 Å². The molecule has 0 aliphatic carbocycles. The van der Waals surface area contributed by atoms with Crippen molar-refractivity contribution in [2.45, 2.75) is 19.8 Å². The molecule has 0 bridgehead atoms. The molecule has 0 aromatic rings. The molecule has 1 fully saturated rings. The molecule has 0 aromatic carbocycles. The summed E-state index contributed by atoms with van der Waals surface area (Å²) in [4.78, 5) is 12.0. The summed E-state index contributed by atoms with van der Waals surface area (Å²) in [5, 5.41) is 0.233. The second-order valence-electron chi connectivity index (χ2n) is 3.06. The first-order valence-corrected chi connectivity index (χ1v) is 4.27. The zero-order valence-electron chi connectivity index (χ0n) is 6.64. The summed E-state index contributed by atoms with van der Waals surface area (Å²) in [5.41, 5.74) is 0. The van der Waals surface area contributed by atoms with Crippen LogP contribution in [0.2, 0.25) is 0 Å². The van der Waals surface area contributed by atoms with E-state index >= 15 is 0 Å². The summed E-state index contributed by atoms with van der Waals surface area (Å²) >= 11 is 5.61. The van der Waals surface area contributed by atoms with Gasteiger partial charge >= 0.3 is 0 Å². The minimum Gasteiger partial charge on any atom is -0.353 e. The lowest BCUT2D eigenvalue weighted by atomic mass is 10.00. The van der Waals surface area contributed by atoms with Crippen LogP contribution in [0.1, 0.15) is 19.8 Å². The van der Waals surface area contributed by atoms with E-state index in [1.807, 2.05) is 4.90 Å². The first-order valence-electron chi connectivity index (χ1n) is 3.89. The standard InChI is InChI=1S/C8H12ClNO/c1-7-2-4-10(5-3-7)8(9)6-11/h7H,2-5H2,1H3. The minimum atomic E-state index is 0.233. The third kappa shape index (κ3) is 2.25. The van der Waals surface area contributed by atoms with Crippen LogP contribution in [-0.4, -0.2) is 23.9 Å². The molecule has 0 spiro atoms. The van der Waals surface area contributed by atoms with Crippen molar-refractivity contribution < 1.29 is 4.79 Å². The highest BCUT2D eigenvalue weighted by Crippen LogP contribution is 2.19. The summed E-state index contributed by atoms with van der Waals surface area (Å²) in [7, 11) is 0. The highest BCUT2D eigenvalue weighted by atomic mass is 35.5. The summed E-state index contributed by atoms with van der Waals surface area (Å²) in [5.74, 6) is 2.47. The molecule has 0 amide bonds. The third-order valence-corrected chi connectivity index (χ3v) is 2.46. The van der Waals surface area contributed by atoms with E-state index < -0.39 is 0 Å². The van der Waals surface area contributed by atoms with Crippen molar-refractivity contribution in [2.75, 3.05) is 13.1 Å². The summed E-state index contributed by atoms with van der Waals surface area (Å²) in [6.45, 7) is 4.01. The highest BCUT2D eigenvalue weighted by molar-refractivity contribution is 6.32. The Bertz CT molecular complexity index is 179. The van der Waals surface area contributed by atoms with Gasteiger partial charge in [-0.1, -0.05) is 18.5 Å². The highest BCUT2D eigenvalue weighted by Gasteiger charge is 2.16. The van der Waals surface area contributed by atoms with Crippen LogP contribution in [0.25, 0.3) is 0 Å². The minimum absolute atomic E-state index is 0.233. The van der Waals surface area contributed by atoms with Gasteiger partial charge in [-0.25, -0.2) is 4.79 Å². The van der Waals surface area contributed by atoms with Crippen LogP contribution in [0.15, 0.2) is 5.16 Å². The van der Waals surface area contributed by atoms with Crippen molar-refractivity contribution in [3.05, 3.63) is 5.16 Å². The number of hydrogen-bond acceptors (Lipinski definition) is 2. The molecule has 0 saturated carbocycles. The number of nitrogens with zero attached hydrogens (tertiary/aromatic N) is 1. The summed E-state index contributed by atoms with van der Waals surface area (Å²) < 4.78 is 0. The third-order valence-electron chi connectivity index (χ3n) is 2.15. The molecule has 1 rings (SSSR count). The molecule has 0 N–H and O–H groups in total. The zero-order chi connectivity index (χ0) is 8.27. The van der Waals surface area contributed by atoms with Gasteiger partial charge in [0, 0.05) is 13.1 Å². The number of hydrogen-bond donors (Lipinski definition) is 0.